The monoisotopic (exact) mass is 385 g/mol. The summed E-state index contributed by atoms with van der Waals surface area (Å²) in [5.74, 6) is -0.0573. The highest BCUT2D eigenvalue weighted by molar-refractivity contribution is 7.10. The van der Waals surface area contributed by atoms with Crippen LogP contribution in [0.15, 0.2) is 41.8 Å². The second-order valence-electron chi connectivity index (χ2n) is 6.66. The van der Waals surface area contributed by atoms with Gasteiger partial charge in [-0.05, 0) is 29.3 Å². The number of alkyl halides is 3. The van der Waals surface area contributed by atoms with E-state index in [4.69, 9.17) is 0 Å². The molecule has 1 aromatic carbocycles. The van der Waals surface area contributed by atoms with Crippen LogP contribution in [0.2, 0.25) is 0 Å². The number of thiophene rings is 1. The highest BCUT2D eigenvalue weighted by Crippen LogP contribution is 2.23. The van der Waals surface area contributed by atoms with Crippen molar-refractivity contribution >= 4 is 17.2 Å². The van der Waals surface area contributed by atoms with E-state index in [0.29, 0.717) is 5.92 Å². The van der Waals surface area contributed by atoms with Crippen LogP contribution in [0.4, 0.5) is 13.2 Å². The first-order valence-electron chi connectivity index (χ1n) is 8.53. The molecular formula is C19H24F3N2OS+. The number of nitrogens with one attached hydrogen (secondary N) is 1. The lowest BCUT2D eigenvalue weighted by molar-refractivity contribution is -0.676. The van der Waals surface area contributed by atoms with Crippen LogP contribution in [-0.2, 0) is 11.2 Å². The van der Waals surface area contributed by atoms with Gasteiger partial charge in [0.15, 0.2) is 6.54 Å². The van der Waals surface area contributed by atoms with Crippen molar-refractivity contribution in [3.63, 3.8) is 0 Å². The molecule has 0 aliphatic heterocycles. The summed E-state index contributed by atoms with van der Waals surface area (Å²) in [4.78, 5) is 12.8. The van der Waals surface area contributed by atoms with Gasteiger partial charge in [0.25, 0.3) is 5.91 Å². The maximum atomic E-state index is 12.2. The van der Waals surface area contributed by atoms with Crippen molar-refractivity contribution in [1.82, 2.24) is 5.32 Å². The Kier molecular flexibility index (Phi) is 7.23. The van der Waals surface area contributed by atoms with Crippen molar-refractivity contribution in [3.05, 3.63) is 57.8 Å². The first kappa shape index (κ1) is 20.5. The molecule has 0 fully saturated rings. The van der Waals surface area contributed by atoms with Gasteiger partial charge in [-0.3, -0.25) is 4.79 Å². The quantitative estimate of drug-likeness (QED) is 0.720. The van der Waals surface area contributed by atoms with Gasteiger partial charge in [0.05, 0.1) is 4.88 Å². The van der Waals surface area contributed by atoms with E-state index in [1.807, 2.05) is 35.0 Å². The summed E-state index contributed by atoms with van der Waals surface area (Å²) in [5, 5.41) is 5.64. The molecule has 0 bridgehead atoms. The van der Waals surface area contributed by atoms with Crippen molar-refractivity contribution in [2.24, 2.45) is 5.92 Å². The molecular weight excluding hydrogens is 361 g/mol. The van der Waals surface area contributed by atoms with Gasteiger partial charge in [0.2, 0.25) is 0 Å². The average molecular weight is 385 g/mol. The van der Waals surface area contributed by atoms with Crippen molar-refractivity contribution in [2.45, 2.75) is 32.5 Å². The Morgan fingerprint density at radius 3 is 2.42 bits per heavy atom. The Morgan fingerprint density at radius 2 is 1.88 bits per heavy atom. The normalized spacial score (nSPS) is 13.0. The molecule has 1 heterocycles. The van der Waals surface area contributed by atoms with Crippen molar-refractivity contribution in [2.75, 3.05) is 13.1 Å². The average Bonchev–Trinajstić information content (AvgIpc) is 3.08. The number of quaternary nitrogens is 1. The Morgan fingerprint density at radius 1 is 1.19 bits per heavy atom. The molecule has 142 valence electrons. The summed E-state index contributed by atoms with van der Waals surface area (Å²) in [6.45, 7) is 2.96. The molecule has 0 saturated carbocycles. The van der Waals surface area contributed by atoms with Gasteiger partial charge in [-0.25, -0.2) is 0 Å². The maximum Gasteiger partial charge on any atom is 0.405 e. The van der Waals surface area contributed by atoms with Gasteiger partial charge >= 0.3 is 6.18 Å². The van der Waals surface area contributed by atoms with E-state index in [1.165, 1.54) is 5.56 Å². The molecule has 26 heavy (non-hydrogen) atoms. The van der Waals surface area contributed by atoms with E-state index >= 15 is 0 Å². The number of rotatable bonds is 8. The summed E-state index contributed by atoms with van der Waals surface area (Å²) < 4.78 is 36.6. The number of halogens is 3. The molecule has 3 N–H and O–H groups in total. The SMILES string of the molecule is CC(C)Cc1ccc([C@H]([NH2+]CC(=O)NCC(F)(F)F)c2cccs2)cc1. The minimum Gasteiger partial charge on any atom is -0.342 e. The standard InChI is InChI=1S/C19H23F3N2OS/c1-13(2)10-14-5-7-15(8-6-14)18(16-4-3-9-26-16)23-11-17(25)24-12-19(20,21)22/h3-9,13,18,23H,10-12H2,1-2H3,(H,24,25)/p+1/t18-/m0/s1. The molecule has 0 saturated heterocycles. The third-order valence-corrected chi connectivity index (χ3v) is 4.81. The third kappa shape index (κ3) is 6.80. The van der Waals surface area contributed by atoms with E-state index in [1.54, 1.807) is 16.7 Å². The lowest BCUT2D eigenvalue weighted by Gasteiger charge is -2.16. The van der Waals surface area contributed by atoms with Gasteiger partial charge in [0, 0.05) is 5.56 Å². The van der Waals surface area contributed by atoms with Gasteiger partial charge in [-0.1, -0.05) is 44.2 Å². The first-order valence-corrected chi connectivity index (χ1v) is 9.41. The fourth-order valence-corrected chi connectivity index (χ4v) is 3.56. The topological polar surface area (TPSA) is 45.7 Å². The molecule has 1 atom stereocenters. The van der Waals surface area contributed by atoms with Gasteiger partial charge < -0.3 is 10.6 Å². The van der Waals surface area contributed by atoms with Gasteiger partial charge in [-0.15, -0.1) is 11.3 Å². The van der Waals surface area contributed by atoms with E-state index in [-0.39, 0.29) is 12.6 Å². The molecule has 1 amide bonds. The molecule has 2 aromatic rings. The van der Waals surface area contributed by atoms with Gasteiger partial charge in [-0.2, -0.15) is 13.2 Å². The molecule has 0 aliphatic rings. The minimum absolute atomic E-state index is 0.0631. The fraction of sp³-hybridized carbons (Fsp3) is 0.421. The highest BCUT2D eigenvalue weighted by Gasteiger charge is 2.28. The van der Waals surface area contributed by atoms with Crippen LogP contribution in [-0.4, -0.2) is 25.2 Å². The summed E-state index contributed by atoms with van der Waals surface area (Å²) in [7, 11) is 0. The number of hydrogen-bond acceptors (Lipinski definition) is 2. The maximum absolute atomic E-state index is 12.2. The van der Waals surface area contributed by atoms with E-state index in [9.17, 15) is 18.0 Å². The zero-order chi connectivity index (χ0) is 19.2. The summed E-state index contributed by atoms with van der Waals surface area (Å²) in [5.41, 5.74) is 2.28. The van der Waals surface area contributed by atoms with Crippen LogP contribution in [0, 0.1) is 5.92 Å². The zero-order valence-corrected chi connectivity index (χ0v) is 15.7. The summed E-state index contributed by atoms with van der Waals surface area (Å²) in [6.07, 6.45) is -3.40. The Bertz CT molecular complexity index is 682. The lowest BCUT2D eigenvalue weighted by Crippen LogP contribution is -2.87. The predicted molar refractivity (Wildman–Crippen MR) is 97.0 cm³/mol. The molecule has 0 unspecified atom stereocenters. The second kappa shape index (κ2) is 9.19. The number of carbonyl (C=O) groups is 1. The van der Waals surface area contributed by atoms with Crippen LogP contribution >= 0.6 is 11.3 Å². The fourth-order valence-electron chi connectivity index (χ4n) is 2.71. The Hall–Kier alpha value is -1.86. The Balaban J connectivity index is 2.04. The largest absolute Gasteiger partial charge is 0.405 e. The number of carbonyl (C=O) groups excluding carboxylic acids is 1. The van der Waals surface area contributed by atoms with E-state index < -0.39 is 18.6 Å². The van der Waals surface area contributed by atoms with Crippen molar-refractivity contribution in [3.8, 4) is 0 Å². The summed E-state index contributed by atoms with van der Waals surface area (Å²) in [6, 6.07) is 12.0. The number of amides is 1. The minimum atomic E-state index is -4.39. The second-order valence-corrected chi connectivity index (χ2v) is 7.64. The number of nitrogens with two attached hydrogens (primary N) is 1. The van der Waals surface area contributed by atoms with E-state index in [0.717, 1.165) is 16.9 Å². The highest BCUT2D eigenvalue weighted by atomic mass is 32.1. The van der Waals surface area contributed by atoms with Crippen LogP contribution < -0.4 is 10.6 Å². The van der Waals surface area contributed by atoms with Gasteiger partial charge in [0.1, 0.15) is 12.6 Å². The van der Waals surface area contributed by atoms with Crippen LogP contribution in [0.5, 0.6) is 0 Å². The van der Waals surface area contributed by atoms with Crippen LogP contribution in [0.1, 0.15) is 35.9 Å². The molecule has 0 radical (unpaired) electrons. The van der Waals surface area contributed by atoms with E-state index in [2.05, 4.69) is 26.0 Å². The lowest BCUT2D eigenvalue weighted by atomic mass is 9.99. The Labute approximate surface area is 155 Å². The third-order valence-electron chi connectivity index (χ3n) is 3.86. The summed E-state index contributed by atoms with van der Waals surface area (Å²) >= 11 is 1.57. The smallest absolute Gasteiger partial charge is 0.342 e. The number of benzene rings is 1. The molecule has 3 nitrogen and oxygen atoms in total. The molecule has 0 spiro atoms. The molecule has 2 rings (SSSR count). The first-order chi connectivity index (χ1) is 12.2. The van der Waals surface area contributed by atoms with Crippen molar-refractivity contribution < 1.29 is 23.3 Å². The van der Waals surface area contributed by atoms with Crippen molar-refractivity contribution in [1.29, 1.82) is 0 Å². The van der Waals surface area contributed by atoms with Crippen LogP contribution in [0.3, 0.4) is 0 Å². The molecule has 0 aliphatic carbocycles. The van der Waals surface area contributed by atoms with Crippen LogP contribution in [0.25, 0.3) is 0 Å². The zero-order valence-electron chi connectivity index (χ0n) is 14.8. The predicted octanol–water partition coefficient (Wildman–Crippen LogP) is 3.28. The molecule has 7 heteroatoms. The molecule has 1 aromatic heterocycles. The number of hydrogen-bond donors (Lipinski definition) is 2.